The topological polar surface area (TPSA) is 133 Å². The largest absolute Gasteiger partial charge is 0.481 e. The number of aliphatic carboxylic acids is 2. The highest BCUT2D eigenvalue weighted by Crippen LogP contribution is 2.56. The Morgan fingerprint density at radius 3 is 2.24 bits per heavy atom. The molecule has 2 amide bonds. The standard InChI is InChI=1S/C33H34N2O6/c1-32(2)26(15-16-33(32,3)31(40)41)29(37)35-27(30(38)39)17-19-11-13-21(14-12-19)34-28(36)24-10-6-9-23-22-8-5-4-7-20(22)18-25(23)24/h4-14,26-27H,15-18H2,1-3H3,(H,34,36)(H,35,37)(H,38,39)(H,40,41)/t26-,27+,33+/m1/s1. The van der Waals surface area contributed by atoms with Crippen LogP contribution in [0.15, 0.2) is 66.7 Å². The maximum absolute atomic E-state index is 13.2. The maximum Gasteiger partial charge on any atom is 0.326 e. The Morgan fingerprint density at radius 2 is 1.59 bits per heavy atom. The first-order chi connectivity index (χ1) is 19.4. The number of fused-ring (bicyclic) bond motifs is 3. The molecule has 4 N–H and O–H groups in total. The van der Waals surface area contributed by atoms with Gasteiger partial charge < -0.3 is 20.8 Å². The molecule has 1 fully saturated rings. The van der Waals surface area contributed by atoms with Crippen LogP contribution in [-0.4, -0.2) is 40.0 Å². The van der Waals surface area contributed by atoms with E-state index < -0.39 is 40.6 Å². The average molecular weight is 555 g/mol. The van der Waals surface area contributed by atoms with Crippen LogP contribution in [-0.2, 0) is 27.2 Å². The lowest BCUT2D eigenvalue weighted by atomic mass is 9.65. The van der Waals surface area contributed by atoms with Gasteiger partial charge in [-0.15, -0.1) is 0 Å². The lowest BCUT2D eigenvalue weighted by molar-refractivity contribution is -0.155. The number of hydrogen-bond acceptors (Lipinski definition) is 4. The molecule has 0 saturated heterocycles. The van der Waals surface area contributed by atoms with Crippen LogP contribution in [0, 0.1) is 16.7 Å². The van der Waals surface area contributed by atoms with Crippen LogP contribution in [0.1, 0.15) is 60.7 Å². The third kappa shape index (κ3) is 4.99. The molecule has 0 radical (unpaired) electrons. The van der Waals surface area contributed by atoms with Gasteiger partial charge in [0.25, 0.3) is 5.91 Å². The Bertz CT molecular complexity index is 1540. The monoisotopic (exact) mass is 554 g/mol. The highest BCUT2D eigenvalue weighted by molar-refractivity contribution is 6.07. The second kappa shape index (κ2) is 10.5. The van der Waals surface area contributed by atoms with Gasteiger partial charge in [-0.05, 0) is 77.6 Å². The third-order valence-corrected chi connectivity index (χ3v) is 9.38. The summed E-state index contributed by atoms with van der Waals surface area (Å²) in [6.07, 6.45) is 1.46. The van der Waals surface area contributed by atoms with E-state index >= 15 is 0 Å². The van der Waals surface area contributed by atoms with E-state index in [4.69, 9.17) is 0 Å². The molecule has 8 nitrogen and oxygen atoms in total. The van der Waals surface area contributed by atoms with E-state index in [0.717, 1.165) is 16.7 Å². The number of carbonyl (C=O) groups excluding carboxylic acids is 2. The first kappa shape index (κ1) is 28.1. The first-order valence-electron chi connectivity index (χ1n) is 13.8. The lowest BCUT2D eigenvalue weighted by Gasteiger charge is -2.38. The summed E-state index contributed by atoms with van der Waals surface area (Å²) in [6.45, 7) is 5.15. The second-order valence-corrected chi connectivity index (χ2v) is 11.9. The van der Waals surface area contributed by atoms with E-state index in [1.807, 2.05) is 30.3 Å². The molecule has 0 aliphatic heterocycles. The van der Waals surface area contributed by atoms with Gasteiger partial charge in [0, 0.05) is 23.6 Å². The van der Waals surface area contributed by atoms with Crippen LogP contribution in [0.25, 0.3) is 11.1 Å². The molecule has 0 aromatic heterocycles. The minimum Gasteiger partial charge on any atom is -0.481 e. The molecule has 0 bridgehead atoms. The Hall–Kier alpha value is -4.46. The summed E-state index contributed by atoms with van der Waals surface area (Å²) in [5, 5.41) is 25.1. The molecule has 41 heavy (non-hydrogen) atoms. The number of amides is 2. The van der Waals surface area contributed by atoms with Crippen molar-refractivity contribution in [2.45, 2.75) is 52.5 Å². The van der Waals surface area contributed by atoms with E-state index in [9.17, 15) is 29.4 Å². The van der Waals surface area contributed by atoms with E-state index in [1.54, 1.807) is 45.0 Å². The predicted octanol–water partition coefficient (Wildman–Crippen LogP) is 5.15. The SMILES string of the molecule is CC1(C)[C@@H](C(=O)N[C@@H](Cc2ccc(NC(=O)c3cccc4c3Cc3ccccc3-4)cc2)C(=O)O)CC[C@@]1(C)C(=O)O. The first-order valence-corrected chi connectivity index (χ1v) is 13.8. The summed E-state index contributed by atoms with van der Waals surface area (Å²) in [4.78, 5) is 50.2. The second-order valence-electron chi connectivity index (χ2n) is 11.9. The fourth-order valence-corrected chi connectivity index (χ4v) is 6.34. The van der Waals surface area contributed by atoms with Crippen LogP contribution in [0.5, 0.6) is 0 Å². The van der Waals surface area contributed by atoms with Crippen molar-refractivity contribution in [3.8, 4) is 11.1 Å². The fourth-order valence-electron chi connectivity index (χ4n) is 6.34. The fraction of sp³-hybridized carbons (Fsp3) is 0.333. The van der Waals surface area contributed by atoms with Crippen molar-refractivity contribution in [3.05, 3.63) is 89.0 Å². The molecule has 3 aromatic carbocycles. The molecule has 5 rings (SSSR count). The van der Waals surface area contributed by atoms with E-state index in [1.165, 1.54) is 5.56 Å². The van der Waals surface area contributed by atoms with Gasteiger partial charge in [-0.3, -0.25) is 14.4 Å². The summed E-state index contributed by atoms with van der Waals surface area (Å²) in [7, 11) is 0. The van der Waals surface area contributed by atoms with E-state index in [2.05, 4.69) is 22.8 Å². The zero-order valence-electron chi connectivity index (χ0n) is 23.4. The summed E-state index contributed by atoms with van der Waals surface area (Å²) in [5.74, 6) is -3.41. The van der Waals surface area contributed by atoms with E-state index in [-0.39, 0.29) is 12.3 Å². The highest BCUT2D eigenvalue weighted by atomic mass is 16.4. The molecule has 212 valence electrons. The molecule has 0 spiro atoms. The Balaban J connectivity index is 1.24. The van der Waals surface area contributed by atoms with Crippen molar-refractivity contribution >= 4 is 29.4 Å². The molecule has 2 aliphatic rings. The van der Waals surface area contributed by atoms with Crippen molar-refractivity contribution in [3.63, 3.8) is 0 Å². The lowest BCUT2D eigenvalue weighted by Crippen LogP contribution is -2.49. The number of carbonyl (C=O) groups is 4. The number of rotatable bonds is 8. The van der Waals surface area contributed by atoms with Gasteiger partial charge in [-0.2, -0.15) is 0 Å². The quantitative estimate of drug-likeness (QED) is 0.238. The number of nitrogens with one attached hydrogen (secondary N) is 2. The van der Waals surface area contributed by atoms with Crippen LogP contribution in [0.2, 0.25) is 0 Å². The van der Waals surface area contributed by atoms with Gasteiger partial charge in [0.05, 0.1) is 5.41 Å². The van der Waals surface area contributed by atoms with Crippen molar-refractivity contribution in [2.24, 2.45) is 16.7 Å². The Kier molecular flexibility index (Phi) is 7.19. The molecule has 1 saturated carbocycles. The van der Waals surface area contributed by atoms with Gasteiger partial charge in [0.1, 0.15) is 6.04 Å². The van der Waals surface area contributed by atoms with Gasteiger partial charge in [0.15, 0.2) is 0 Å². The zero-order chi connectivity index (χ0) is 29.5. The van der Waals surface area contributed by atoms with Gasteiger partial charge >= 0.3 is 11.9 Å². The Morgan fingerprint density at radius 1 is 0.902 bits per heavy atom. The summed E-state index contributed by atoms with van der Waals surface area (Å²) in [5.41, 5.74) is 4.36. The van der Waals surface area contributed by atoms with Crippen LogP contribution in [0.3, 0.4) is 0 Å². The van der Waals surface area contributed by atoms with Gasteiger partial charge in [-0.1, -0.05) is 62.4 Å². The third-order valence-electron chi connectivity index (χ3n) is 9.38. The number of hydrogen-bond donors (Lipinski definition) is 4. The van der Waals surface area contributed by atoms with Gasteiger partial charge in [-0.25, -0.2) is 4.79 Å². The average Bonchev–Trinajstić information content (AvgIpc) is 3.43. The molecule has 8 heteroatoms. The number of anilines is 1. The number of carboxylic acids is 2. The molecular weight excluding hydrogens is 520 g/mol. The van der Waals surface area contributed by atoms with Crippen molar-refractivity contribution < 1.29 is 29.4 Å². The van der Waals surface area contributed by atoms with E-state index in [0.29, 0.717) is 36.1 Å². The van der Waals surface area contributed by atoms with Crippen molar-refractivity contribution in [2.75, 3.05) is 5.32 Å². The number of benzene rings is 3. The zero-order valence-corrected chi connectivity index (χ0v) is 23.4. The maximum atomic E-state index is 13.2. The summed E-state index contributed by atoms with van der Waals surface area (Å²) < 4.78 is 0. The smallest absolute Gasteiger partial charge is 0.326 e. The molecular formula is C33H34N2O6. The molecule has 0 heterocycles. The molecule has 3 atom stereocenters. The van der Waals surface area contributed by atoms with Gasteiger partial charge in [0.2, 0.25) is 5.91 Å². The molecule has 0 unspecified atom stereocenters. The van der Waals surface area contributed by atoms with Crippen molar-refractivity contribution in [1.29, 1.82) is 0 Å². The summed E-state index contributed by atoms with van der Waals surface area (Å²) >= 11 is 0. The van der Waals surface area contributed by atoms with Crippen LogP contribution in [0.4, 0.5) is 5.69 Å². The van der Waals surface area contributed by atoms with Crippen molar-refractivity contribution in [1.82, 2.24) is 5.32 Å². The Labute approximate surface area is 238 Å². The molecule has 2 aliphatic carbocycles. The molecule has 3 aromatic rings. The minimum absolute atomic E-state index is 0.0447. The minimum atomic E-state index is -1.18. The highest BCUT2D eigenvalue weighted by Gasteiger charge is 2.58. The van der Waals surface area contributed by atoms with Crippen LogP contribution < -0.4 is 10.6 Å². The number of carboxylic acid groups (broad SMARTS) is 2. The summed E-state index contributed by atoms with van der Waals surface area (Å²) in [6, 6.07) is 19.6. The normalized spacial score (nSPS) is 20.9. The predicted molar refractivity (Wildman–Crippen MR) is 155 cm³/mol. The van der Waals surface area contributed by atoms with Crippen LogP contribution >= 0.6 is 0 Å².